The topological polar surface area (TPSA) is 17.1 Å². The Kier molecular flexibility index (Phi) is 1.23. The number of hydrogen-bond donors (Lipinski definition) is 0. The van der Waals surface area contributed by atoms with Crippen LogP contribution >= 0.6 is 0 Å². The molecule has 4 aliphatic carbocycles. The SMILES string of the molecule is O=C1C2CC3CC1CC(C2)C3F. The summed E-state index contributed by atoms with van der Waals surface area (Å²) in [7, 11) is 0. The normalized spacial score (nSPS) is 56.4. The van der Waals surface area contributed by atoms with Gasteiger partial charge in [0.25, 0.3) is 0 Å². The van der Waals surface area contributed by atoms with E-state index in [-0.39, 0.29) is 23.7 Å². The van der Waals surface area contributed by atoms with Gasteiger partial charge in [-0.1, -0.05) is 0 Å². The molecule has 12 heavy (non-hydrogen) atoms. The molecule has 0 aromatic rings. The van der Waals surface area contributed by atoms with E-state index in [9.17, 15) is 9.18 Å². The average Bonchev–Trinajstić information content (AvgIpc) is 2.02. The van der Waals surface area contributed by atoms with E-state index in [2.05, 4.69) is 0 Å². The molecule has 0 aromatic heterocycles. The molecule has 0 aliphatic heterocycles. The molecule has 0 atom stereocenters. The number of rotatable bonds is 0. The molecule has 0 amide bonds. The van der Waals surface area contributed by atoms with E-state index < -0.39 is 6.17 Å². The van der Waals surface area contributed by atoms with Crippen molar-refractivity contribution in [2.75, 3.05) is 0 Å². The number of halogens is 1. The molecular weight excluding hydrogens is 155 g/mol. The van der Waals surface area contributed by atoms with Crippen LogP contribution < -0.4 is 0 Å². The summed E-state index contributed by atoms with van der Waals surface area (Å²) < 4.78 is 13.5. The summed E-state index contributed by atoms with van der Waals surface area (Å²) in [5.41, 5.74) is 0. The molecule has 0 heterocycles. The maximum absolute atomic E-state index is 13.5. The second-order valence-electron chi connectivity index (χ2n) is 4.70. The fourth-order valence-electron chi connectivity index (χ4n) is 3.55. The number of alkyl halides is 1. The molecule has 2 heteroatoms. The molecule has 0 aromatic carbocycles. The van der Waals surface area contributed by atoms with Gasteiger partial charge in [-0.15, -0.1) is 0 Å². The van der Waals surface area contributed by atoms with Gasteiger partial charge in [-0.3, -0.25) is 4.79 Å². The third kappa shape index (κ3) is 0.711. The standard InChI is InChI=1S/C10H13FO/c11-9-5-1-7-3-6(9)4-8(2-5)10(7)12/h5-9H,1-4H2. The lowest BCUT2D eigenvalue weighted by molar-refractivity contribution is -0.145. The van der Waals surface area contributed by atoms with E-state index in [0.29, 0.717) is 5.78 Å². The van der Waals surface area contributed by atoms with Crippen molar-refractivity contribution in [2.24, 2.45) is 23.7 Å². The van der Waals surface area contributed by atoms with Crippen LogP contribution in [-0.4, -0.2) is 12.0 Å². The fourth-order valence-corrected chi connectivity index (χ4v) is 3.55. The molecule has 4 fully saturated rings. The lowest BCUT2D eigenvalue weighted by Gasteiger charge is -2.50. The van der Waals surface area contributed by atoms with Gasteiger partial charge in [-0.25, -0.2) is 4.39 Å². The average molecular weight is 168 g/mol. The van der Waals surface area contributed by atoms with Gasteiger partial charge in [0.1, 0.15) is 12.0 Å². The van der Waals surface area contributed by atoms with Gasteiger partial charge >= 0.3 is 0 Å². The molecule has 0 unspecified atom stereocenters. The summed E-state index contributed by atoms with van der Waals surface area (Å²) in [6.45, 7) is 0. The predicted molar refractivity (Wildman–Crippen MR) is 42.3 cm³/mol. The zero-order chi connectivity index (χ0) is 8.29. The minimum absolute atomic E-state index is 0.241. The van der Waals surface area contributed by atoms with Crippen LogP contribution in [0.1, 0.15) is 25.7 Å². The molecule has 4 bridgehead atoms. The Morgan fingerprint density at radius 1 is 1.00 bits per heavy atom. The minimum atomic E-state index is -0.578. The molecule has 0 N–H and O–H groups in total. The number of carbonyl (C=O) groups excluding carboxylic acids is 1. The number of carbonyl (C=O) groups is 1. The van der Waals surface area contributed by atoms with Crippen LogP contribution in [0.25, 0.3) is 0 Å². The van der Waals surface area contributed by atoms with Crippen LogP contribution in [0.2, 0.25) is 0 Å². The van der Waals surface area contributed by atoms with E-state index in [1.807, 2.05) is 0 Å². The van der Waals surface area contributed by atoms with Crippen LogP contribution in [0.4, 0.5) is 4.39 Å². The van der Waals surface area contributed by atoms with Crippen molar-refractivity contribution in [1.82, 2.24) is 0 Å². The maximum Gasteiger partial charge on any atom is 0.139 e. The first kappa shape index (κ1) is 7.05. The second-order valence-corrected chi connectivity index (χ2v) is 4.70. The maximum atomic E-state index is 13.5. The Hall–Kier alpha value is -0.400. The van der Waals surface area contributed by atoms with E-state index in [1.165, 1.54) is 0 Å². The first-order valence-corrected chi connectivity index (χ1v) is 4.93. The van der Waals surface area contributed by atoms with Crippen molar-refractivity contribution in [1.29, 1.82) is 0 Å². The summed E-state index contributed by atoms with van der Waals surface area (Å²) in [5, 5.41) is 0. The number of hydrogen-bond acceptors (Lipinski definition) is 1. The minimum Gasteiger partial charge on any atom is -0.299 e. The number of ketones is 1. The number of Topliss-reactive ketones (excluding diaryl/α,β-unsaturated/α-hetero) is 1. The summed E-state index contributed by atoms with van der Waals surface area (Å²) in [6, 6.07) is 0. The Balaban J connectivity index is 1.96. The molecule has 0 saturated heterocycles. The quantitative estimate of drug-likeness (QED) is 0.540. The molecule has 0 spiro atoms. The monoisotopic (exact) mass is 168 g/mol. The first-order chi connectivity index (χ1) is 5.75. The van der Waals surface area contributed by atoms with Crippen LogP contribution in [0.5, 0.6) is 0 Å². The molecule has 1 nitrogen and oxygen atoms in total. The smallest absolute Gasteiger partial charge is 0.139 e. The van der Waals surface area contributed by atoms with Gasteiger partial charge in [0.15, 0.2) is 0 Å². The molecule has 0 radical (unpaired) electrons. The summed E-state index contributed by atoms with van der Waals surface area (Å²) >= 11 is 0. The van der Waals surface area contributed by atoms with Crippen LogP contribution in [-0.2, 0) is 4.79 Å². The van der Waals surface area contributed by atoms with Crippen molar-refractivity contribution in [3.8, 4) is 0 Å². The largest absolute Gasteiger partial charge is 0.299 e. The van der Waals surface area contributed by atoms with Gasteiger partial charge in [-0.2, -0.15) is 0 Å². The second kappa shape index (κ2) is 2.09. The van der Waals surface area contributed by atoms with Crippen molar-refractivity contribution < 1.29 is 9.18 Å². The lowest BCUT2D eigenvalue weighted by atomic mass is 9.55. The zero-order valence-corrected chi connectivity index (χ0v) is 7.00. The van der Waals surface area contributed by atoms with E-state index in [0.717, 1.165) is 25.7 Å². The van der Waals surface area contributed by atoms with Crippen LogP contribution in [0.3, 0.4) is 0 Å². The van der Waals surface area contributed by atoms with E-state index in [4.69, 9.17) is 0 Å². The Morgan fingerprint density at radius 3 is 1.83 bits per heavy atom. The van der Waals surface area contributed by atoms with Gasteiger partial charge in [0.05, 0.1) is 0 Å². The van der Waals surface area contributed by atoms with Crippen molar-refractivity contribution in [3.63, 3.8) is 0 Å². The third-order valence-corrected chi connectivity index (χ3v) is 4.05. The molecule has 4 aliphatic rings. The van der Waals surface area contributed by atoms with Crippen molar-refractivity contribution in [3.05, 3.63) is 0 Å². The van der Waals surface area contributed by atoms with Crippen molar-refractivity contribution >= 4 is 5.78 Å². The zero-order valence-electron chi connectivity index (χ0n) is 7.00. The highest BCUT2D eigenvalue weighted by Gasteiger charge is 2.52. The molecule has 4 saturated carbocycles. The molecular formula is C10H13FO. The fraction of sp³-hybridized carbons (Fsp3) is 0.900. The Bertz CT molecular complexity index is 204. The highest BCUT2D eigenvalue weighted by molar-refractivity contribution is 5.85. The highest BCUT2D eigenvalue weighted by atomic mass is 19.1. The van der Waals surface area contributed by atoms with Gasteiger partial charge in [0, 0.05) is 11.8 Å². The summed E-state index contributed by atoms with van der Waals surface area (Å²) in [4.78, 5) is 11.6. The van der Waals surface area contributed by atoms with E-state index in [1.54, 1.807) is 0 Å². The summed E-state index contributed by atoms with van der Waals surface area (Å²) in [6.07, 6.45) is 2.84. The summed E-state index contributed by atoms with van der Waals surface area (Å²) in [5.74, 6) is 1.43. The van der Waals surface area contributed by atoms with Crippen LogP contribution in [0, 0.1) is 23.7 Å². The van der Waals surface area contributed by atoms with Gasteiger partial charge in [0.2, 0.25) is 0 Å². The molecule has 66 valence electrons. The predicted octanol–water partition coefficient (Wildman–Crippen LogP) is 1.96. The molecule has 4 rings (SSSR count). The first-order valence-electron chi connectivity index (χ1n) is 4.93. The Labute approximate surface area is 71.3 Å². The lowest BCUT2D eigenvalue weighted by Crippen LogP contribution is -2.51. The third-order valence-electron chi connectivity index (χ3n) is 4.05. The van der Waals surface area contributed by atoms with E-state index >= 15 is 0 Å². The Morgan fingerprint density at radius 2 is 1.42 bits per heavy atom. The van der Waals surface area contributed by atoms with Gasteiger partial charge in [-0.05, 0) is 37.5 Å². The highest BCUT2D eigenvalue weighted by Crippen LogP contribution is 2.52. The van der Waals surface area contributed by atoms with Crippen molar-refractivity contribution in [2.45, 2.75) is 31.9 Å². The van der Waals surface area contributed by atoms with Crippen LogP contribution in [0.15, 0.2) is 0 Å². The van der Waals surface area contributed by atoms with Gasteiger partial charge < -0.3 is 0 Å².